The maximum atomic E-state index is 10.00. The van der Waals surface area contributed by atoms with Gasteiger partial charge >= 0.3 is 5.00 Å². The Morgan fingerprint density at radius 1 is 1.89 bits per heavy atom. The van der Waals surface area contributed by atoms with Crippen molar-refractivity contribution in [2.45, 2.75) is 0 Å². The highest BCUT2D eigenvalue weighted by molar-refractivity contribution is 7.32. The molecule has 6 heteroatoms. The standard InChI is InChI=1S/C3H4N3O2S/c4-9-2-5-1-3(9)6(7)8/h1-2H,4H2/q+1. The van der Waals surface area contributed by atoms with Crippen molar-refractivity contribution < 1.29 is 4.92 Å². The molecule has 1 rings (SSSR count). The molecular formula is C3H4N3O2S+. The van der Waals surface area contributed by atoms with Crippen LogP contribution in [0, 0.1) is 10.1 Å². The predicted molar refractivity (Wildman–Crippen MR) is 33.5 cm³/mol. The number of rotatable bonds is 1. The van der Waals surface area contributed by atoms with Crippen LogP contribution in [0.5, 0.6) is 0 Å². The van der Waals surface area contributed by atoms with Gasteiger partial charge in [0.15, 0.2) is 16.9 Å². The van der Waals surface area contributed by atoms with Crippen molar-refractivity contribution in [1.29, 1.82) is 0 Å². The topological polar surface area (TPSA) is 82.0 Å². The van der Waals surface area contributed by atoms with Crippen LogP contribution in [0.15, 0.2) is 11.7 Å². The summed E-state index contributed by atoms with van der Waals surface area (Å²) in [6.45, 7) is 0. The molecule has 48 valence electrons. The number of nitrogen functional groups attached to an aromatic ring is 1. The summed E-state index contributed by atoms with van der Waals surface area (Å²) in [6.07, 6.45) is 1.17. The average Bonchev–Trinajstić information content (AvgIpc) is 2.13. The molecule has 1 heterocycles. The summed E-state index contributed by atoms with van der Waals surface area (Å²) in [6, 6.07) is 0. The van der Waals surface area contributed by atoms with Crippen molar-refractivity contribution in [1.82, 2.24) is 4.98 Å². The maximum absolute atomic E-state index is 10.00. The molecule has 0 saturated heterocycles. The maximum Gasteiger partial charge on any atom is 0.502 e. The lowest BCUT2D eigenvalue weighted by atomic mass is 10.9. The van der Waals surface area contributed by atoms with Crippen LogP contribution >= 0.6 is 10.7 Å². The first-order chi connectivity index (χ1) is 4.22. The minimum Gasteiger partial charge on any atom is -0.254 e. The van der Waals surface area contributed by atoms with Gasteiger partial charge in [-0.3, -0.25) is 10.1 Å². The first-order valence-electron chi connectivity index (χ1n) is 2.07. The van der Waals surface area contributed by atoms with Crippen molar-refractivity contribution in [3.8, 4) is 0 Å². The molecular weight excluding hydrogens is 142 g/mol. The molecule has 0 saturated carbocycles. The molecule has 1 atom stereocenters. The highest BCUT2D eigenvalue weighted by atomic mass is 32.2. The Morgan fingerprint density at radius 3 is 2.78 bits per heavy atom. The highest BCUT2D eigenvalue weighted by Gasteiger charge is 2.21. The number of nitrogens with two attached hydrogens (primary N) is 1. The van der Waals surface area contributed by atoms with Crippen molar-refractivity contribution >= 4 is 15.7 Å². The van der Waals surface area contributed by atoms with Gasteiger partial charge in [-0.25, -0.2) is 0 Å². The van der Waals surface area contributed by atoms with E-state index < -0.39 is 15.6 Å². The zero-order valence-electron chi connectivity index (χ0n) is 4.35. The second-order valence-corrected chi connectivity index (χ2v) is 2.72. The van der Waals surface area contributed by atoms with E-state index in [0.717, 1.165) is 0 Å². The molecule has 1 aromatic rings. The SMILES string of the molecule is N[s+]1cncc1[N+](=O)[O-]. The van der Waals surface area contributed by atoms with Crippen LogP contribution in [-0.4, -0.2) is 9.91 Å². The fourth-order valence-electron chi connectivity index (χ4n) is 0.408. The molecule has 0 aliphatic rings. The van der Waals surface area contributed by atoms with Crippen LogP contribution < -0.4 is 5.14 Å². The number of aromatic nitrogens is 1. The molecule has 0 aliphatic carbocycles. The van der Waals surface area contributed by atoms with E-state index in [-0.39, 0.29) is 5.00 Å². The molecule has 5 nitrogen and oxygen atoms in total. The zero-order chi connectivity index (χ0) is 6.85. The van der Waals surface area contributed by atoms with Gasteiger partial charge in [0.2, 0.25) is 0 Å². The summed E-state index contributed by atoms with van der Waals surface area (Å²) in [5.74, 6) is 0. The third-order valence-electron chi connectivity index (χ3n) is 0.781. The van der Waals surface area contributed by atoms with Gasteiger partial charge in [0.1, 0.15) is 4.92 Å². The second-order valence-electron chi connectivity index (χ2n) is 1.35. The smallest absolute Gasteiger partial charge is 0.254 e. The lowest BCUT2D eigenvalue weighted by molar-refractivity contribution is -0.380. The zero-order valence-corrected chi connectivity index (χ0v) is 5.17. The molecule has 2 N–H and O–H groups in total. The Kier molecular flexibility index (Phi) is 1.41. The fourth-order valence-corrected chi connectivity index (χ4v) is 1.06. The third-order valence-corrected chi connectivity index (χ3v) is 1.87. The van der Waals surface area contributed by atoms with Crippen LogP contribution in [0.2, 0.25) is 0 Å². The van der Waals surface area contributed by atoms with Crippen LogP contribution in [0.4, 0.5) is 5.00 Å². The van der Waals surface area contributed by atoms with Gasteiger partial charge in [-0.2, -0.15) is 4.98 Å². The Morgan fingerprint density at radius 2 is 2.56 bits per heavy atom. The van der Waals surface area contributed by atoms with Gasteiger partial charge in [-0.05, 0) is 0 Å². The number of nitro groups is 1. The number of nitrogens with zero attached hydrogens (tertiary/aromatic N) is 2. The summed E-state index contributed by atoms with van der Waals surface area (Å²) in [7, 11) is -0.870. The quantitative estimate of drug-likeness (QED) is 0.354. The third kappa shape index (κ3) is 1.03. The summed E-state index contributed by atoms with van der Waals surface area (Å²) in [5.41, 5.74) is 1.36. The Balaban J connectivity index is 3.08. The van der Waals surface area contributed by atoms with E-state index in [0.29, 0.717) is 0 Å². The van der Waals surface area contributed by atoms with E-state index in [1.807, 2.05) is 0 Å². The minimum atomic E-state index is -0.870. The number of thiazole rings is 1. The van der Waals surface area contributed by atoms with Gasteiger partial charge in [-0.15, -0.1) is 5.14 Å². The van der Waals surface area contributed by atoms with Gasteiger partial charge in [0.25, 0.3) is 5.51 Å². The molecule has 0 bridgehead atoms. The van der Waals surface area contributed by atoms with Crippen LogP contribution in [0.1, 0.15) is 0 Å². The molecule has 0 spiro atoms. The predicted octanol–water partition coefficient (Wildman–Crippen LogP) is 0.453. The van der Waals surface area contributed by atoms with Crippen LogP contribution in [0.3, 0.4) is 0 Å². The van der Waals surface area contributed by atoms with Crippen molar-refractivity contribution in [2.75, 3.05) is 5.14 Å². The molecule has 0 aromatic carbocycles. The lowest BCUT2D eigenvalue weighted by Gasteiger charge is -1.74. The largest absolute Gasteiger partial charge is 0.502 e. The molecule has 1 unspecified atom stereocenters. The number of hydrogen-bond acceptors (Lipinski definition) is 4. The first-order valence-corrected chi connectivity index (χ1v) is 3.42. The molecule has 0 fully saturated rings. The molecule has 9 heavy (non-hydrogen) atoms. The highest BCUT2D eigenvalue weighted by Crippen LogP contribution is 2.22. The Labute approximate surface area is 53.4 Å². The summed E-state index contributed by atoms with van der Waals surface area (Å²) >= 11 is 0. The van der Waals surface area contributed by atoms with Crippen LogP contribution in [0.25, 0.3) is 0 Å². The van der Waals surface area contributed by atoms with E-state index in [2.05, 4.69) is 4.98 Å². The normalized spacial score (nSPS) is 11.4. The van der Waals surface area contributed by atoms with E-state index in [1.165, 1.54) is 11.7 Å². The van der Waals surface area contributed by atoms with Crippen molar-refractivity contribution in [3.63, 3.8) is 0 Å². The first kappa shape index (κ1) is 6.12. The minimum absolute atomic E-state index is 0.0185. The lowest BCUT2D eigenvalue weighted by Crippen LogP contribution is -1.87. The van der Waals surface area contributed by atoms with E-state index in [4.69, 9.17) is 5.14 Å². The average molecular weight is 146 g/mol. The Bertz CT molecular complexity index is 233. The second kappa shape index (κ2) is 2.08. The fraction of sp³-hybridized carbons (Fsp3) is 0. The Hall–Kier alpha value is -1.01. The molecule has 0 aliphatic heterocycles. The summed E-state index contributed by atoms with van der Waals surface area (Å²) < 4.78 is 0. The monoisotopic (exact) mass is 146 g/mol. The molecule has 0 radical (unpaired) electrons. The van der Waals surface area contributed by atoms with Gasteiger partial charge in [-0.1, -0.05) is 0 Å². The van der Waals surface area contributed by atoms with E-state index in [1.54, 1.807) is 0 Å². The van der Waals surface area contributed by atoms with Gasteiger partial charge in [0.05, 0.1) is 0 Å². The van der Waals surface area contributed by atoms with E-state index in [9.17, 15) is 10.1 Å². The number of hydrogen-bond donors (Lipinski definition) is 1. The van der Waals surface area contributed by atoms with Crippen molar-refractivity contribution in [3.05, 3.63) is 21.8 Å². The summed E-state index contributed by atoms with van der Waals surface area (Å²) in [5, 5.41) is 15.2. The van der Waals surface area contributed by atoms with Gasteiger partial charge < -0.3 is 0 Å². The summed E-state index contributed by atoms with van der Waals surface area (Å²) in [4.78, 5) is 13.0. The van der Waals surface area contributed by atoms with Gasteiger partial charge in [0, 0.05) is 0 Å². The van der Waals surface area contributed by atoms with Crippen LogP contribution in [-0.2, 0) is 0 Å². The molecule has 0 amide bonds. The van der Waals surface area contributed by atoms with Crippen molar-refractivity contribution in [2.24, 2.45) is 0 Å². The van der Waals surface area contributed by atoms with E-state index >= 15 is 0 Å². The molecule has 1 aromatic heterocycles.